The van der Waals surface area contributed by atoms with Gasteiger partial charge in [0.2, 0.25) is 0 Å². The van der Waals surface area contributed by atoms with E-state index >= 15 is 0 Å². The van der Waals surface area contributed by atoms with Gasteiger partial charge in [0.25, 0.3) is 0 Å². The number of carbonyl (C=O) groups excluding carboxylic acids is 1. The van der Waals surface area contributed by atoms with E-state index in [2.05, 4.69) is 4.90 Å². The van der Waals surface area contributed by atoms with Crippen molar-refractivity contribution in [3.8, 4) is 5.75 Å². The number of likely N-dealkylation sites (N-methyl/N-ethyl adjacent to an activating group) is 1. The largest absolute Gasteiger partial charge is 0.491 e. The van der Waals surface area contributed by atoms with Gasteiger partial charge in [-0.2, -0.15) is 0 Å². The molecule has 1 heterocycles. The number of Topliss-reactive ketones (excluding diaryl/α,β-unsaturated/α-hetero) is 1. The van der Waals surface area contributed by atoms with Gasteiger partial charge >= 0.3 is 0 Å². The van der Waals surface area contributed by atoms with Crippen molar-refractivity contribution in [3.63, 3.8) is 0 Å². The predicted molar refractivity (Wildman–Crippen MR) is 69.1 cm³/mol. The number of hydrogen-bond acceptors (Lipinski definition) is 4. The van der Waals surface area contributed by atoms with Crippen LogP contribution in [0.3, 0.4) is 0 Å². The van der Waals surface area contributed by atoms with E-state index in [1.165, 1.54) is 19.1 Å². The van der Waals surface area contributed by atoms with E-state index in [1.54, 1.807) is 6.07 Å². The van der Waals surface area contributed by atoms with Crippen molar-refractivity contribution in [3.05, 3.63) is 29.6 Å². The summed E-state index contributed by atoms with van der Waals surface area (Å²) >= 11 is 0. The number of hydrogen-bond donors (Lipinski definition) is 0. The van der Waals surface area contributed by atoms with Crippen LogP contribution >= 0.6 is 0 Å². The molecule has 5 heteroatoms. The molecule has 0 N–H and O–H groups in total. The number of ether oxygens (including phenoxy) is 2. The highest BCUT2D eigenvalue weighted by atomic mass is 19.1. The van der Waals surface area contributed by atoms with Crippen molar-refractivity contribution < 1.29 is 18.7 Å². The summed E-state index contributed by atoms with van der Waals surface area (Å²) in [7, 11) is 2.02. The van der Waals surface area contributed by atoms with Crippen LogP contribution in [0.25, 0.3) is 0 Å². The Morgan fingerprint density at radius 2 is 2.37 bits per heavy atom. The zero-order chi connectivity index (χ0) is 13.8. The van der Waals surface area contributed by atoms with Crippen molar-refractivity contribution >= 4 is 5.78 Å². The second-order valence-electron chi connectivity index (χ2n) is 4.76. The molecular weight excluding hydrogens is 249 g/mol. The standard InChI is InChI=1S/C14H18FNO3/c1-10(17)13-4-3-11(7-14(13)15)19-9-12-8-16(2)5-6-18-12/h3-4,7,12H,5-6,8-9H2,1-2H3. The summed E-state index contributed by atoms with van der Waals surface area (Å²) in [6, 6.07) is 4.29. The maximum atomic E-state index is 13.6. The number of nitrogens with zero attached hydrogens (tertiary/aromatic N) is 1. The zero-order valence-electron chi connectivity index (χ0n) is 11.2. The van der Waals surface area contributed by atoms with E-state index in [1.807, 2.05) is 7.05 Å². The van der Waals surface area contributed by atoms with Gasteiger partial charge in [-0.1, -0.05) is 0 Å². The van der Waals surface area contributed by atoms with E-state index in [0.29, 0.717) is 19.0 Å². The van der Waals surface area contributed by atoms with Gasteiger partial charge in [0.1, 0.15) is 24.3 Å². The van der Waals surface area contributed by atoms with Crippen molar-refractivity contribution in [2.24, 2.45) is 0 Å². The van der Waals surface area contributed by atoms with Gasteiger partial charge in [0.05, 0.1) is 12.2 Å². The number of morpholine rings is 1. The van der Waals surface area contributed by atoms with Crippen molar-refractivity contribution in [1.29, 1.82) is 0 Å². The third kappa shape index (κ3) is 3.75. The topological polar surface area (TPSA) is 38.8 Å². The van der Waals surface area contributed by atoms with Crippen LogP contribution in [0.2, 0.25) is 0 Å². The van der Waals surface area contributed by atoms with Gasteiger partial charge in [0, 0.05) is 19.2 Å². The number of carbonyl (C=O) groups is 1. The van der Waals surface area contributed by atoms with E-state index in [-0.39, 0.29) is 17.5 Å². The van der Waals surface area contributed by atoms with Crippen molar-refractivity contribution in [2.75, 3.05) is 33.4 Å². The summed E-state index contributed by atoms with van der Waals surface area (Å²) in [6.07, 6.45) is -0.00528. The van der Waals surface area contributed by atoms with Crippen molar-refractivity contribution in [1.82, 2.24) is 4.90 Å². The number of rotatable bonds is 4. The number of benzene rings is 1. The van der Waals surface area contributed by atoms with Gasteiger partial charge < -0.3 is 14.4 Å². The maximum absolute atomic E-state index is 13.6. The summed E-state index contributed by atoms with van der Waals surface area (Å²) in [6.45, 7) is 4.11. The van der Waals surface area contributed by atoms with E-state index < -0.39 is 5.82 Å². The molecule has 1 saturated heterocycles. The lowest BCUT2D eigenvalue weighted by Crippen LogP contribution is -2.42. The second kappa shape index (κ2) is 6.12. The highest BCUT2D eigenvalue weighted by Gasteiger charge is 2.18. The van der Waals surface area contributed by atoms with Gasteiger partial charge in [0.15, 0.2) is 5.78 Å². The summed E-state index contributed by atoms with van der Waals surface area (Å²) in [5.74, 6) is -0.424. The van der Waals surface area contributed by atoms with Crippen molar-refractivity contribution in [2.45, 2.75) is 13.0 Å². The molecule has 4 nitrogen and oxygen atoms in total. The Kier molecular flexibility index (Phi) is 4.50. The van der Waals surface area contributed by atoms with Gasteiger partial charge in [-0.05, 0) is 26.1 Å². The second-order valence-corrected chi connectivity index (χ2v) is 4.76. The van der Waals surface area contributed by atoms with Crippen LogP contribution in [0.15, 0.2) is 18.2 Å². The molecule has 1 aliphatic rings. The molecular formula is C14H18FNO3. The minimum absolute atomic E-state index is 0.00528. The Morgan fingerprint density at radius 1 is 1.58 bits per heavy atom. The van der Waals surface area contributed by atoms with Gasteiger partial charge in [-0.3, -0.25) is 4.79 Å². The first-order chi connectivity index (χ1) is 9.06. The molecule has 1 atom stereocenters. The predicted octanol–water partition coefficient (Wildman–Crippen LogP) is 1.74. The monoisotopic (exact) mass is 267 g/mol. The first-order valence-corrected chi connectivity index (χ1v) is 6.29. The molecule has 0 radical (unpaired) electrons. The Labute approximate surface area is 112 Å². The molecule has 0 spiro atoms. The van der Waals surface area contributed by atoms with E-state index in [4.69, 9.17) is 9.47 Å². The normalized spacial score (nSPS) is 20.3. The highest BCUT2D eigenvalue weighted by Crippen LogP contribution is 2.18. The molecule has 0 bridgehead atoms. The highest BCUT2D eigenvalue weighted by molar-refractivity contribution is 5.94. The van der Waals surface area contributed by atoms with Crippen LogP contribution in [-0.2, 0) is 4.74 Å². The SMILES string of the molecule is CC(=O)c1ccc(OCC2CN(C)CCO2)cc1F. The molecule has 19 heavy (non-hydrogen) atoms. The fraction of sp³-hybridized carbons (Fsp3) is 0.500. The fourth-order valence-corrected chi connectivity index (χ4v) is 2.03. The Bertz CT molecular complexity index is 464. The minimum Gasteiger partial charge on any atom is -0.491 e. The average molecular weight is 267 g/mol. The smallest absolute Gasteiger partial charge is 0.162 e. The number of ketones is 1. The molecule has 1 aromatic carbocycles. The first kappa shape index (κ1) is 14.0. The summed E-state index contributed by atoms with van der Waals surface area (Å²) < 4.78 is 24.6. The van der Waals surface area contributed by atoms with Crippen LogP contribution < -0.4 is 4.74 Å². The van der Waals surface area contributed by atoms with Crippen LogP contribution in [0.4, 0.5) is 4.39 Å². The Morgan fingerprint density at radius 3 is 3.00 bits per heavy atom. The third-order valence-electron chi connectivity index (χ3n) is 3.10. The fourth-order valence-electron chi connectivity index (χ4n) is 2.03. The molecule has 1 unspecified atom stereocenters. The van der Waals surface area contributed by atoms with E-state index in [9.17, 15) is 9.18 Å². The van der Waals surface area contributed by atoms with Gasteiger partial charge in [-0.15, -0.1) is 0 Å². The molecule has 2 rings (SSSR count). The lowest BCUT2D eigenvalue weighted by molar-refractivity contribution is -0.0403. The quantitative estimate of drug-likeness (QED) is 0.779. The third-order valence-corrected chi connectivity index (χ3v) is 3.10. The number of halogens is 1. The minimum atomic E-state index is -0.549. The molecule has 0 aliphatic carbocycles. The molecule has 0 aromatic heterocycles. The lowest BCUT2D eigenvalue weighted by Gasteiger charge is -2.29. The van der Waals surface area contributed by atoms with E-state index in [0.717, 1.165) is 13.1 Å². The molecule has 1 aliphatic heterocycles. The molecule has 1 fully saturated rings. The summed E-state index contributed by atoms with van der Waals surface area (Å²) in [5.41, 5.74) is 0.0843. The Hall–Kier alpha value is -1.46. The summed E-state index contributed by atoms with van der Waals surface area (Å²) in [4.78, 5) is 13.3. The maximum Gasteiger partial charge on any atom is 0.162 e. The van der Waals surface area contributed by atoms with Crippen LogP contribution in [0, 0.1) is 5.82 Å². The molecule has 0 saturated carbocycles. The average Bonchev–Trinajstić information content (AvgIpc) is 2.36. The van der Waals surface area contributed by atoms with Crippen LogP contribution in [0.1, 0.15) is 17.3 Å². The van der Waals surface area contributed by atoms with Crippen LogP contribution in [-0.4, -0.2) is 50.1 Å². The first-order valence-electron chi connectivity index (χ1n) is 6.29. The lowest BCUT2D eigenvalue weighted by atomic mass is 10.1. The van der Waals surface area contributed by atoms with Crippen LogP contribution in [0.5, 0.6) is 5.75 Å². The zero-order valence-corrected chi connectivity index (χ0v) is 11.2. The molecule has 104 valence electrons. The molecule has 1 aromatic rings. The Balaban J connectivity index is 1.92. The molecule has 0 amide bonds. The van der Waals surface area contributed by atoms with Gasteiger partial charge in [-0.25, -0.2) is 4.39 Å². The summed E-state index contributed by atoms with van der Waals surface area (Å²) in [5, 5.41) is 0.